The number of rotatable bonds is 5. The Bertz CT molecular complexity index is 557. The van der Waals surface area contributed by atoms with Crippen LogP contribution in [0.1, 0.15) is 38.5 Å². The second-order valence-corrected chi connectivity index (χ2v) is 7.39. The van der Waals surface area contributed by atoms with E-state index in [0.717, 1.165) is 63.1 Å². The maximum Gasteiger partial charge on any atom is 0.225 e. The predicted octanol–water partition coefficient (Wildman–Crippen LogP) is 1.82. The van der Waals surface area contributed by atoms with Gasteiger partial charge in [-0.15, -0.1) is 0 Å². The lowest BCUT2D eigenvalue weighted by atomic mass is 9.95. The van der Waals surface area contributed by atoms with Crippen LogP contribution in [0.4, 0.5) is 11.6 Å². The molecule has 1 N–H and O–H groups in total. The molecule has 3 aliphatic rings. The highest BCUT2D eigenvalue weighted by Crippen LogP contribution is 2.28. The average Bonchev–Trinajstić information content (AvgIpc) is 3.31. The van der Waals surface area contributed by atoms with Crippen molar-refractivity contribution in [2.45, 2.75) is 38.5 Å². The van der Waals surface area contributed by atoms with Crippen LogP contribution in [0.15, 0.2) is 12.4 Å². The minimum Gasteiger partial charge on any atom is -0.369 e. The van der Waals surface area contributed by atoms with Gasteiger partial charge in [0.15, 0.2) is 0 Å². The number of carbonyl (C=O) groups is 1. The zero-order chi connectivity index (χ0) is 16.4. The SMILES string of the molecule is O=C(NCC1CC1)C1CCN(c2cnc(N3CCCC3)nc2)CC1. The Morgan fingerprint density at radius 3 is 2.29 bits per heavy atom. The molecule has 1 aromatic heterocycles. The van der Waals surface area contributed by atoms with E-state index in [9.17, 15) is 4.79 Å². The molecule has 6 nitrogen and oxygen atoms in total. The number of piperidine rings is 1. The van der Waals surface area contributed by atoms with Crippen LogP contribution in [-0.4, -0.2) is 48.6 Å². The van der Waals surface area contributed by atoms with E-state index in [1.807, 2.05) is 12.4 Å². The summed E-state index contributed by atoms with van der Waals surface area (Å²) in [5.41, 5.74) is 1.08. The Hall–Kier alpha value is -1.85. The molecule has 0 unspecified atom stereocenters. The normalized spacial score (nSPS) is 22.0. The zero-order valence-electron chi connectivity index (χ0n) is 14.3. The zero-order valence-corrected chi connectivity index (χ0v) is 14.3. The third-order valence-electron chi connectivity index (χ3n) is 5.51. The third kappa shape index (κ3) is 3.62. The van der Waals surface area contributed by atoms with E-state index >= 15 is 0 Å². The highest BCUT2D eigenvalue weighted by atomic mass is 16.1. The summed E-state index contributed by atoms with van der Waals surface area (Å²) in [6.45, 7) is 4.84. The van der Waals surface area contributed by atoms with Crippen LogP contribution in [0.2, 0.25) is 0 Å². The molecule has 2 saturated heterocycles. The highest BCUT2D eigenvalue weighted by molar-refractivity contribution is 5.79. The van der Waals surface area contributed by atoms with Crippen molar-refractivity contribution in [2.24, 2.45) is 11.8 Å². The molecule has 2 aliphatic heterocycles. The molecule has 0 spiro atoms. The first-order valence-electron chi connectivity index (χ1n) is 9.39. The smallest absolute Gasteiger partial charge is 0.225 e. The summed E-state index contributed by atoms with van der Waals surface area (Å²) in [4.78, 5) is 25.8. The van der Waals surface area contributed by atoms with Crippen LogP contribution in [0, 0.1) is 11.8 Å². The van der Waals surface area contributed by atoms with Gasteiger partial charge in [-0.2, -0.15) is 0 Å². The predicted molar refractivity (Wildman–Crippen MR) is 94.1 cm³/mol. The van der Waals surface area contributed by atoms with Gasteiger partial charge in [-0.1, -0.05) is 0 Å². The van der Waals surface area contributed by atoms with Crippen LogP contribution >= 0.6 is 0 Å². The van der Waals surface area contributed by atoms with Gasteiger partial charge >= 0.3 is 0 Å². The van der Waals surface area contributed by atoms with E-state index in [1.165, 1.54) is 25.7 Å². The number of nitrogens with zero attached hydrogens (tertiary/aromatic N) is 4. The Morgan fingerprint density at radius 2 is 1.67 bits per heavy atom. The fourth-order valence-corrected chi connectivity index (χ4v) is 3.67. The Balaban J connectivity index is 1.27. The summed E-state index contributed by atoms with van der Waals surface area (Å²) in [6, 6.07) is 0. The first-order chi connectivity index (χ1) is 11.8. The van der Waals surface area contributed by atoms with Gasteiger partial charge in [-0.3, -0.25) is 4.79 Å². The van der Waals surface area contributed by atoms with Crippen molar-refractivity contribution in [2.75, 3.05) is 42.5 Å². The fraction of sp³-hybridized carbons (Fsp3) is 0.722. The average molecular weight is 329 g/mol. The number of hydrogen-bond donors (Lipinski definition) is 1. The lowest BCUT2D eigenvalue weighted by Gasteiger charge is -2.32. The van der Waals surface area contributed by atoms with E-state index in [0.29, 0.717) is 0 Å². The largest absolute Gasteiger partial charge is 0.369 e. The quantitative estimate of drug-likeness (QED) is 0.893. The summed E-state index contributed by atoms with van der Waals surface area (Å²) in [5, 5.41) is 3.12. The molecule has 0 radical (unpaired) electrons. The number of carbonyl (C=O) groups excluding carboxylic acids is 1. The minimum absolute atomic E-state index is 0.171. The molecule has 130 valence electrons. The molecule has 24 heavy (non-hydrogen) atoms. The summed E-state index contributed by atoms with van der Waals surface area (Å²) in [7, 11) is 0. The topological polar surface area (TPSA) is 61.4 Å². The molecule has 1 aromatic rings. The van der Waals surface area contributed by atoms with Crippen molar-refractivity contribution in [3.8, 4) is 0 Å². The minimum atomic E-state index is 0.171. The summed E-state index contributed by atoms with van der Waals surface area (Å²) in [6.07, 6.45) is 10.8. The summed E-state index contributed by atoms with van der Waals surface area (Å²) < 4.78 is 0. The second-order valence-electron chi connectivity index (χ2n) is 7.39. The first kappa shape index (κ1) is 15.7. The Morgan fingerprint density at radius 1 is 1.00 bits per heavy atom. The van der Waals surface area contributed by atoms with Gasteiger partial charge in [0.05, 0.1) is 18.1 Å². The molecular formula is C18H27N5O. The molecule has 6 heteroatoms. The Labute approximate surface area is 143 Å². The van der Waals surface area contributed by atoms with E-state index in [2.05, 4.69) is 25.1 Å². The molecule has 1 amide bonds. The number of hydrogen-bond acceptors (Lipinski definition) is 5. The van der Waals surface area contributed by atoms with Crippen molar-refractivity contribution >= 4 is 17.5 Å². The van der Waals surface area contributed by atoms with Crippen LogP contribution in [0.3, 0.4) is 0 Å². The van der Waals surface area contributed by atoms with Gasteiger partial charge < -0.3 is 15.1 Å². The van der Waals surface area contributed by atoms with Crippen LogP contribution in [-0.2, 0) is 4.79 Å². The van der Waals surface area contributed by atoms with Crippen LogP contribution < -0.4 is 15.1 Å². The van der Waals surface area contributed by atoms with Gasteiger partial charge in [-0.25, -0.2) is 9.97 Å². The maximum absolute atomic E-state index is 12.2. The fourth-order valence-electron chi connectivity index (χ4n) is 3.67. The molecular weight excluding hydrogens is 302 g/mol. The number of aromatic nitrogens is 2. The molecule has 4 rings (SSSR count). The monoisotopic (exact) mass is 329 g/mol. The standard InChI is InChI=1S/C18H27N5O/c24-17(19-11-14-3-4-14)15-5-9-22(10-6-15)16-12-20-18(21-13-16)23-7-1-2-8-23/h12-15H,1-11H2,(H,19,24). The van der Waals surface area contributed by atoms with Crippen molar-refractivity contribution in [1.29, 1.82) is 0 Å². The van der Waals surface area contributed by atoms with E-state index in [1.54, 1.807) is 0 Å². The van der Waals surface area contributed by atoms with Crippen molar-refractivity contribution in [3.63, 3.8) is 0 Å². The van der Waals surface area contributed by atoms with Crippen LogP contribution in [0.5, 0.6) is 0 Å². The second kappa shape index (κ2) is 6.95. The van der Waals surface area contributed by atoms with E-state index < -0.39 is 0 Å². The first-order valence-corrected chi connectivity index (χ1v) is 9.39. The van der Waals surface area contributed by atoms with Gasteiger partial charge in [0, 0.05) is 38.6 Å². The molecule has 1 saturated carbocycles. The third-order valence-corrected chi connectivity index (χ3v) is 5.51. The van der Waals surface area contributed by atoms with Crippen molar-refractivity contribution in [3.05, 3.63) is 12.4 Å². The number of anilines is 2. The molecule has 3 heterocycles. The molecule has 1 aliphatic carbocycles. The molecule has 3 fully saturated rings. The number of nitrogens with one attached hydrogen (secondary N) is 1. The van der Waals surface area contributed by atoms with E-state index in [-0.39, 0.29) is 11.8 Å². The van der Waals surface area contributed by atoms with Gasteiger partial charge in [0.2, 0.25) is 11.9 Å². The summed E-state index contributed by atoms with van der Waals surface area (Å²) >= 11 is 0. The van der Waals surface area contributed by atoms with Crippen molar-refractivity contribution < 1.29 is 4.79 Å². The molecule has 0 atom stereocenters. The highest BCUT2D eigenvalue weighted by Gasteiger charge is 2.27. The lowest BCUT2D eigenvalue weighted by molar-refractivity contribution is -0.125. The Kier molecular flexibility index (Phi) is 4.54. The van der Waals surface area contributed by atoms with Gasteiger partial charge in [-0.05, 0) is 44.4 Å². The van der Waals surface area contributed by atoms with Crippen LogP contribution in [0.25, 0.3) is 0 Å². The van der Waals surface area contributed by atoms with Gasteiger partial charge in [0.25, 0.3) is 0 Å². The number of amides is 1. The molecule has 0 bridgehead atoms. The van der Waals surface area contributed by atoms with Crippen molar-refractivity contribution in [1.82, 2.24) is 15.3 Å². The summed E-state index contributed by atoms with van der Waals surface area (Å²) in [5.74, 6) is 2.03. The van der Waals surface area contributed by atoms with Gasteiger partial charge in [0.1, 0.15) is 0 Å². The maximum atomic E-state index is 12.2. The van der Waals surface area contributed by atoms with E-state index in [4.69, 9.17) is 0 Å². The lowest BCUT2D eigenvalue weighted by Crippen LogP contribution is -2.41. The molecule has 0 aromatic carbocycles.